The van der Waals surface area contributed by atoms with Gasteiger partial charge in [0.1, 0.15) is 0 Å². The van der Waals surface area contributed by atoms with E-state index in [1.165, 1.54) is 11.1 Å². The van der Waals surface area contributed by atoms with Gasteiger partial charge in [0.05, 0.1) is 0 Å². The highest BCUT2D eigenvalue weighted by molar-refractivity contribution is 5.78. The quantitative estimate of drug-likeness (QED) is 0.562. The van der Waals surface area contributed by atoms with E-state index in [4.69, 9.17) is 0 Å². The molecule has 0 unspecified atom stereocenters. The van der Waals surface area contributed by atoms with Crippen molar-refractivity contribution in [3.05, 3.63) is 91.5 Å². The molecule has 0 saturated heterocycles. The molecule has 2 rings (SSSR count). The van der Waals surface area contributed by atoms with E-state index in [0.717, 1.165) is 11.1 Å². The Balaban J connectivity index is 0.00000180. The Morgan fingerprint density at radius 2 is 1.45 bits per heavy atom. The summed E-state index contributed by atoms with van der Waals surface area (Å²) in [6, 6.07) is 18.8. The normalized spacial score (nSPS) is 9.90. The minimum Gasteiger partial charge on any atom is -0.0990 e. The van der Waals surface area contributed by atoms with Gasteiger partial charge in [-0.15, -0.1) is 0 Å². The lowest BCUT2D eigenvalue weighted by Crippen LogP contribution is -1.83. The van der Waals surface area contributed by atoms with Crippen LogP contribution in [0.15, 0.2) is 86.0 Å². The van der Waals surface area contributed by atoms with E-state index in [-0.39, 0.29) is 14.9 Å². The maximum absolute atomic E-state index is 3.84. The summed E-state index contributed by atoms with van der Waals surface area (Å²) in [5.41, 5.74) is 4.68. The van der Waals surface area contributed by atoms with Gasteiger partial charge in [0.2, 0.25) is 0 Å². The van der Waals surface area contributed by atoms with Crippen LogP contribution in [0.3, 0.4) is 0 Å². The summed E-state index contributed by atoms with van der Waals surface area (Å²) < 4.78 is 0. The molecule has 0 heterocycles. The monoisotopic (exact) mass is 264 g/mol. The molecule has 2 aromatic rings. The van der Waals surface area contributed by atoms with Crippen LogP contribution >= 0.6 is 0 Å². The molecule has 0 aliphatic carbocycles. The highest BCUT2D eigenvalue weighted by Crippen LogP contribution is 2.24. The lowest BCUT2D eigenvalue weighted by Gasteiger charge is -2.06. The van der Waals surface area contributed by atoms with E-state index >= 15 is 0 Å². The summed E-state index contributed by atoms with van der Waals surface area (Å²) in [6.07, 6.45) is 5.61. The summed E-state index contributed by atoms with van der Waals surface area (Å²) in [5, 5.41) is 0. The van der Waals surface area contributed by atoms with Crippen LogP contribution in [-0.2, 0) is 0 Å². The fourth-order valence-corrected chi connectivity index (χ4v) is 1.92. The molecule has 0 radical (unpaired) electrons. The van der Waals surface area contributed by atoms with Crippen LogP contribution < -0.4 is 0 Å². The molecular weight excluding hydrogens is 240 g/mol. The molecule has 104 valence electrons. The first-order valence-corrected chi connectivity index (χ1v) is 5.96. The van der Waals surface area contributed by atoms with Crippen molar-refractivity contribution in [1.29, 1.82) is 0 Å². The van der Waals surface area contributed by atoms with Gasteiger partial charge >= 0.3 is 0 Å². The Morgan fingerprint density at radius 3 is 2.05 bits per heavy atom. The topological polar surface area (TPSA) is 0 Å². The number of benzene rings is 2. The summed E-state index contributed by atoms with van der Waals surface area (Å²) in [7, 11) is 0. The number of rotatable bonds is 4. The van der Waals surface area contributed by atoms with Gasteiger partial charge in [-0.1, -0.05) is 94.8 Å². The molecule has 20 heavy (non-hydrogen) atoms. The third-order valence-corrected chi connectivity index (χ3v) is 2.82. The predicted molar refractivity (Wildman–Crippen MR) is 93.7 cm³/mol. The van der Waals surface area contributed by atoms with Crippen LogP contribution in [0.5, 0.6) is 0 Å². The zero-order valence-corrected chi connectivity index (χ0v) is 10.3. The van der Waals surface area contributed by atoms with Gasteiger partial charge in [-0.25, -0.2) is 0 Å². The van der Waals surface area contributed by atoms with Crippen LogP contribution in [0.1, 0.15) is 20.4 Å². The molecule has 0 heteroatoms. The highest BCUT2D eigenvalue weighted by Gasteiger charge is 2.00. The summed E-state index contributed by atoms with van der Waals surface area (Å²) >= 11 is 0. The van der Waals surface area contributed by atoms with E-state index in [9.17, 15) is 0 Å². The van der Waals surface area contributed by atoms with Crippen LogP contribution in [0.4, 0.5) is 0 Å². The first-order valence-electron chi connectivity index (χ1n) is 5.96. The Kier molecular flexibility index (Phi) is 7.69. The molecular formula is C20H24. The third-order valence-electron chi connectivity index (χ3n) is 2.82. The van der Waals surface area contributed by atoms with E-state index in [0.29, 0.717) is 0 Å². The number of hydrogen-bond acceptors (Lipinski definition) is 0. The molecule has 0 aromatic heterocycles. The van der Waals surface area contributed by atoms with E-state index in [2.05, 4.69) is 61.7 Å². The van der Waals surface area contributed by atoms with E-state index in [1.54, 1.807) is 6.08 Å². The lowest BCUT2D eigenvalue weighted by atomic mass is 9.99. The first-order chi connectivity index (χ1) is 8.85. The van der Waals surface area contributed by atoms with Crippen molar-refractivity contribution in [2.45, 2.75) is 14.9 Å². The third kappa shape index (κ3) is 4.10. The second-order valence-electron chi connectivity index (χ2n) is 4.01. The van der Waals surface area contributed by atoms with Crippen LogP contribution in [0, 0.1) is 0 Å². The minimum absolute atomic E-state index is 0. The fraction of sp³-hybridized carbons (Fsp3) is 0.100. The smallest absolute Gasteiger partial charge is 0.0178 e. The Hall–Kier alpha value is -2.34. The molecule has 0 N–H and O–H groups in total. The van der Waals surface area contributed by atoms with Crippen LogP contribution in [0.25, 0.3) is 16.7 Å². The van der Waals surface area contributed by atoms with Crippen molar-refractivity contribution in [3.63, 3.8) is 0 Å². The van der Waals surface area contributed by atoms with Crippen molar-refractivity contribution in [2.75, 3.05) is 0 Å². The van der Waals surface area contributed by atoms with Crippen molar-refractivity contribution in [3.8, 4) is 11.1 Å². The standard InChI is InChI=1S/C18H16.2CH4/c1-3-9-15(4-2)17-12-8-13-18(14-17)16-10-6-5-7-11-16;;/h3-14H,1-2H2;2*1H4/b15-9+;;. The number of hydrogen-bond donors (Lipinski definition) is 0. The van der Waals surface area contributed by atoms with E-state index in [1.807, 2.05) is 18.2 Å². The second kappa shape index (κ2) is 8.71. The molecule has 0 amide bonds. The zero-order chi connectivity index (χ0) is 12.8. The van der Waals surface area contributed by atoms with Gasteiger partial charge in [-0.3, -0.25) is 0 Å². The first kappa shape index (κ1) is 17.7. The van der Waals surface area contributed by atoms with Gasteiger partial charge < -0.3 is 0 Å². The van der Waals surface area contributed by atoms with Gasteiger partial charge in [-0.05, 0) is 28.3 Å². The Bertz CT molecular complexity index is 574. The molecule has 0 saturated carbocycles. The summed E-state index contributed by atoms with van der Waals surface area (Å²) in [4.78, 5) is 0. The van der Waals surface area contributed by atoms with Gasteiger partial charge in [0.15, 0.2) is 0 Å². The minimum atomic E-state index is 0. The molecule has 0 atom stereocenters. The summed E-state index contributed by atoms with van der Waals surface area (Å²) in [5.74, 6) is 0. The molecule has 0 nitrogen and oxygen atoms in total. The molecule has 0 aliphatic heterocycles. The highest BCUT2D eigenvalue weighted by atomic mass is 14.0. The van der Waals surface area contributed by atoms with Crippen LogP contribution in [0.2, 0.25) is 0 Å². The van der Waals surface area contributed by atoms with Gasteiger partial charge in [0, 0.05) is 0 Å². The lowest BCUT2D eigenvalue weighted by molar-refractivity contribution is 1.58. The molecule has 2 aromatic carbocycles. The molecule has 0 spiro atoms. The SMILES string of the molecule is C.C.C=C/C=C(\C=C)c1cccc(-c2ccccc2)c1. The van der Waals surface area contributed by atoms with Crippen molar-refractivity contribution < 1.29 is 0 Å². The Morgan fingerprint density at radius 1 is 0.800 bits per heavy atom. The number of allylic oxidation sites excluding steroid dienone is 4. The maximum Gasteiger partial charge on any atom is -0.0178 e. The second-order valence-corrected chi connectivity index (χ2v) is 4.01. The largest absolute Gasteiger partial charge is 0.0990 e. The average molecular weight is 264 g/mol. The van der Waals surface area contributed by atoms with Crippen LogP contribution in [-0.4, -0.2) is 0 Å². The molecule has 0 fully saturated rings. The molecule has 0 aliphatic rings. The van der Waals surface area contributed by atoms with Gasteiger partial charge in [-0.2, -0.15) is 0 Å². The summed E-state index contributed by atoms with van der Waals surface area (Å²) in [6.45, 7) is 7.57. The van der Waals surface area contributed by atoms with Crippen molar-refractivity contribution >= 4 is 5.57 Å². The maximum atomic E-state index is 3.84. The van der Waals surface area contributed by atoms with Gasteiger partial charge in [0.25, 0.3) is 0 Å². The van der Waals surface area contributed by atoms with E-state index < -0.39 is 0 Å². The predicted octanol–water partition coefficient (Wildman–Crippen LogP) is 6.38. The Labute approximate surface area is 123 Å². The zero-order valence-electron chi connectivity index (χ0n) is 10.3. The molecule has 0 bridgehead atoms. The van der Waals surface area contributed by atoms with Crippen molar-refractivity contribution in [2.24, 2.45) is 0 Å². The average Bonchev–Trinajstić information content (AvgIpc) is 2.46. The van der Waals surface area contributed by atoms with Crippen molar-refractivity contribution in [1.82, 2.24) is 0 Å². The fourth-order valence-electron chi connectivity index (χ4n) is 1.92.